The average molecular weight is 482 g/mol. The van der Waals surface area contributed by atoms with Gasteiger partial charge in [-0.05, 0) is 51.1 Å². The van der Waals surface area contributed by atoms with E-state index in [0.29, 0.717) is 54.5 Å². The van der Waals surface area contributed by atoms with Crippen LogP contribution in [-0.2, 0) is 4.74 Å². The standard InChI is InChI=1S/C26H31N3O6/c1-26(2,3)35-25(31)28-12-10-18(11-13-28)34-19-7-9-23-27-20(15-24(30)29(23)16-19)17-6-8-21(32-4)22(14-17)33-5/h6-9,14-16,18H,10-13H2,1-5H3. The fourth-order valence-electron chi connectivity index (χ4n) is 3.97. The van der Waals surface area contributed by atoms with Gasteiger partial charge in [0.05, 0.1) is 26.1 Å². The molecular weight excluding hydrogens is 450 g/mol. The number of aromatic nitrogens is 2. The molecule has 0 bridgehead atoms. The van der Waals surface area contributed by atoms with Crippen molar-refractivity contribution in [2.45, 2.75) is 45.3 Å². The number of fused-ring (bicyclic) bond motifs is 1. The van der Waals surface area contributed by atoms with Crippen LogP contribution in [-0.4, -0.2) is 59.4 Å². The molecule has 1 saturated heterocycles. The van der Waals surface area contributed by atoms with Gasteiger partial charge in [0.2, 0.25) is 0 Å². The Morgan fingerprint density at radius 1 is 1.00 bits per heavy atom. The van der Waals surface area contributed by atoms with Crippen LogP contribution in [0.25, 0.3) is 16.9 Å². The summed E-state index contributed by atoms with van der Waals surface area (Å²) in [5.41, 5.74) is 1.06. The van der Waals surface area contributed by atoms with Crippen LogP contribution in [0.3, 0.4) is 0 Å². The minimum Gasteiger partial charge on any atom is -0.493 e. The van der Waals surface area contributed by atoms with Gasteiger partial charge in [-0.2, -0.15) is 0 Å². The monoisotopic (exact) mass is 481 g/mol. The van der Waals surface area contributed by atoms with Crippen LogP contribution >= 0.6 is 0 Å². The summed E-state index contributed by atoms with van der Waals surface area (Å²) >= 11 is 0. The SMILES string of the molecule is COc1ccc(-c2cc(=O)n3cc(OC4CCN(C(=O)OC(C)(C)C)CC4)ccc3n2)cc1OC. The second-order valence-electron chi connectivity index (χ2n) is 9.43. The summed E-state index contributed by atoms with van der Waals surface area (Å²) in [5.74, 6) is 1.75. The van der Waals surface area contributed by atoms with Crippen molar-refractivity contribution in [3.8, 4) is 28.5 Å². The van der Waals surface area contributed by atoms with Crippen LogP contribution in [0, 0.1) is 0 Å². The summed E-state index contributed by atoms with van der Waals surface area (Å²) in [7, 11) is 3.13. The van der Waals surface area contributed by atoms with Crippen molar-refractivity contribution in [1.29, 1.82) is 0 Å². The molecule has 0 saturated carbocycles. The first kappa shape index (κ1) is 24.4. The molecule has 2 aromatic heterocycles. The number of hydrogen-bond acceptors (Lipinski definition) is 7. The largest absolute Gasteiger partial charge is 0.493 e. The molecule has 9 heteroatoms. The van der Waals surface area contributed by atoms with Crippen LogP contribution in [0.15, 0.2) is 47.4 Å². The van der Waals surface area contributed by atoms with Crippen LogP contribution in [0.5, 0.6) is 17.2 Å². The lowest BCUT2D eigenvalue weighted by Crippen LogP contribution is -2.44. The second kappa shape index (κ2) is 9.85. The number of likely N-dealkylation sites (tertiary alicyclic amines) is 1. The first-order valence-corrected chi connectivity index (χ1v) is 11.6. The van der Waals surface area contributed by atoms with Crippen molar-refractivity contribution < 1.29 is 23.7 Å². The van der Waals surface area contributed by atoms with Crippen molar-refractivity contribution in [2.75, 3.05) is 27.3 Å². The van der Waals surface area contributed by atoms with Gasteiger partial charge in [0, 0.05) is 37.6 Å². The summed E-state index contributed by atoms with van der Waals surface area (Å²) in [6.07, 6.45) is 2.67. The molecule has 9 nitrogen and oxygen atoms in total. The molecule has 1 aromatic carbocycles. The van der Waals surface area contributed by atoms with Gasteiger partial charge in [-0.25, -0.2) is 9.78 Å². The number of carbonyl (C=O) groups excluding carboxylic acids is 1. The van der Waals surface area contributed by atoms with Gasteiger partial charge in [-0.15, -0.1) is 0 Å². The molecule has 4 rings (SSSR count). The van der Waals surface area contributed by atoms with E-state index in [1.165, 1.54) is 10.5 Å². The van der Waals surface area contributed by atoms with E-state index in [4.69, 9.17) is 18.9 Å². The number of methoxy groups -OCH3 is 2. The molecule has 186 valence electrons. The second-order valence-corrected chi connectivity index (χ2v) is 9.43. The number of piperidine rings is 1. The minimum atomic E-state index is -0.518. The zero-order valence-electron chi connectivity index (χ0n) is 20.7. The number of ether oxygens (including phenoxy) is 4. The molecule has 0 N–H and O–H groups in total. The highest BCUT2D eigenvalue weighted by Gasteiger charge is 2.27. The lowest BCUT2D eigenvalue weighted by molar-refractivity contribution is 0.0126. The fraction of sp³-hybridized carbons (Fsp3) is 0.423. The van der Waals surface area contributed by atoms with Crippen molar-refractivity contribution in [2.24, 2.45) is 0 Å². The number of carbonyl (C=O) groups is 1. The zero-order chi connectivity index (χ0) is 25.2. The molecule has 0 aliphatic carbocycles. The maximum Gasteiger partial charge on any atom is 0.410 e. The molecule has 35 heavy (non-hydrogen) atoms. The molecule has 3 aromatic rings. The highest BCUT2D eigenvalue weighted by Crippen LogP contribution is 2.31. The van der Waals surface area contributed by atoms with Gasteiger partial charge >= 0.3 is 6.09 Å². The third-order valence-electron chi connectivity index (χ3n) is 5.71. The topological polar surface area (TPSA) is 91.6 Å². The van der Waals surface area contributed by atoms with Gasteiger partial charge in [-0.1, -0.05) is 0 Å². The Morgan fingerprint density at radius 3 is 2.37 bits per heavy atom. The first-order chi connectivity index (χ1) is 16.7. The van der Waals surface area contributed by atoms with Gasteiger partial charge < -0.3 is 23.8 Å². The zero-order valence-corrected chi connectivity index (χ0v) is 20.7. The van der Waals surface area contributed by atoms with E-state index in [2.05, 4.69) is 4.98 Å². The van der Waals surface area contributed by atoms with Gasteiger partial charge in [0.1, 0.15) is 23.1 Å². The van der Waals surface area contributed by atoms with E-state index >= 15 is 0 Å². The van der Waals surface area contributed by atoms with E-state index in [-0.39, 0.29) is 17.8 Å². The summed E-state index contributed by atoms with van der Waals surface area (Å²) in [6.45, 7) is 6.68. The highest BCUT2D eigenvalue weighted by molar-refractivity contribution is 5.68. The molecule has 1 aliphatic rings. The van der Waals surface area contributed by atoms with Crippen molar-refractivity contribution >= 4 is 11.7 Å². The third kappa shape index (κ3) is 5.67. The minimum absolute atomic E-state index is 0.0548. The van der Waals surface area contributed by atoms with E-state index in [1.807, 2.05) is 26.8 Å². The molecule has 1 aliphatic heterocycles. The normalized spacial score (nSPS) is 14.6. The highest BCUT2D eigenvalue weighted by atomic mass is 16.6. The Kier molecular flexibility index (Phi) is 6.86. The quantitative estimate of drug-likeness (QED) is 0.540. The number of nitrogens with zero attached hydrogens (tertiary/aromatic N) is 3. The molecule has 3 heterocycles. The molecule has 0 radical (unpaired) electrons. The van der Waals surface area contributed by atoms with E-state index < -0.39 is 5.60 Å². The summed E-state index contributed by atoms with van der Waals surface area (Å²) in [4.78, 5) is 31.5. The van der Waals surface area contributed by atoms with Gasteiger partial charge in [0.15, 0.2) is 11.5 Å². The molecule has 1 amide bonds. The van der Waals surface area contributed by atoms with E-state index in [0.717, 1.165) is 5.56 Å². The van der Waals surface area contributed by atoms with E-state index in [1.54, 1.807) is 49.6 Å². The van der Waals surface area contributed by atoms with Crippen molar-refractivity contribution in [3.63, 3.8) is 0 Å². The van der Waals surface area contributed by atoms with Gasteiger partial charge in [-0.3, -0.25) is 9.20 Å². The molecular formula is C26H31N3O6. The number of hydrogen-bond donors (Lipinski definition) is 0. The average Bonchev–Trinajstić information content (AvgIpc) is 2.83. The summed E-state index contributed by atoms with van der Waals surface area (Å²) in [5, 5.41) is 0. The Bertz CT molecular complexity index is 1270. The number of pyridine rings is 1. The van der Waals surface area contributed by atoms with Gasteiger partial charge in [0.25, 0.3) is 5.56 Å². The molecule has 0 atom stereocenters. The lowest BCUT2D eigenvalue weighted by atomic mass is 10.1. The number of amides is 1. The number of rotatable bonds is 5. The summed E-state index contributed by atoms with van der Waals surface area (Å²) < 4.78 is 23.7. The predicted molar refractivity (Wildman–Crippen MR) is 131 cm³/mol. The Morgan fingerprint density at radius 2 is 1.71 bits per heavy atom. The third-order valence-corrected chi connectivity index (χ3v) is 5.71. The van der Waals surface area contributed by atoms with E-state index in [9.17, 15) is 9.59 Å². The molecule has 0 spiro atoms. The Balaban J connectivity index is 1.47. The first-order valence-electron chi connectivity index (χ1n) is 11.6. The van der Waals surface area contributed by atoms with Crippen LogP contribution in [0.2, 0.25) is 0 Å². The van der Waals surface area contributed by atoms with Crippen LogP contribution in [0.1, 0.15) is 33.6 Å². The smallest absolute Gasteiger partial charge is 0.410 e. The fourth-order valence-corrected chi connectivity index (χ4v) is 3.97. The Hall–Kier alpha value is -3.75. The summed E-state index contributed by atoms with van der Waals surface area (Å²) in [6, 6.07) is 10.5. The molecule has 0 unspecified atom stereocenters. The maximum absolute atomic E-state index is 12.9. The number of benzene rings is 1. The van der Waals surface area contributed by atoms with Crippen LogP contribution < -0.4 is 19.8 Å². The van der Waals surface area contributed by atoms with Crippen molar-refractivity contribution in [1.82, 2.24) is 14.3 Å². The Labute approximate surface area is 204 Å². The lowest BCUT2D eigenvalue weighted by Gasteiger charge is -2.33. The van der Waals surface area contributed by atoms with Crippen LogP contribution in [0.4, 0.5) is 4.79 Å². The predicted octanol–water partition coefficient (Wildman–Crippen LogP) is 4.16. The molecule has 1 fully saturated rings. The van der Waals surface area contributed by atoms with Crippen molar-refractivity contribution in [3.05, 3.63) is 52.9 Å². The maximum atomic E-state index is 12.9.